The first-order valence-electron chi connectivity index (χ1n) is 7.40. The van der Waals surface area contributed by atoms with Crippen molar-refractivity contribution in [2.75, 3.05) is 0 Å². The number of carbonyl (C=O) groups is 2. The zero-order valence-corrected chi connectivity index (χ0v) is 13.5. The van der Waals surface area contributed by atoms with Crippen molar-refractivity contribution in [1.82, 2.24) is 5.32 Å². The van der Waals surface area contributed by atoms with Crippen LogP contribution in [0, 0.1) is 0 Å². The van der Waals surface area contributed by atoms with Crippen LogP contribution >= 0.6 is 0 Å². The number of allylic oxidation sites excluding steroid dienone is 4. The van der Waals surface area contributed by atoms with E-state index in [1.165, 1.54) is 30.3 Å². The number of amides is 1. The van der Waals surface area contributed by atoms with Crippen molar-refractivity contribution in [3.05, 3.63) is 58.8 Å². The molecule has 1 amide bonds. The van der Waals surface area contributed by atoms with Crippen LogP contribution in [0.2, 0.25) is 0 Å². The number of benzene rings is 1. The van der Waals surface area contributed by atoms with Crippen LogP contribution in [0.4, 0.5) is 8.78 Å². The molecule has 0 aliphatic carbocycles. The van der Waals surface area contributed by atoms with E-state index in [4.69, 9.17) is 0 Å². The second kappa shape index (κ2) is 8.36. The second-order valence-electron chi connectivity index (χ2n) is 5.40. The average molecular weight is 321 g/mol. The molecule has 0 bridgehead atoms. The van der Waals surface area contributed by atoms with Crippen LogP contribution in [-0.2, 0) is 10.7 Å². The summed E-state index contributed by atoms with van der Waals surface area (Å²) < 4.78 is 26.4. The minimum atomic E-state index is -2.96. The van der Waals surface area contributed by atoms with E-state index in [9.17, 15) is 18.4 Å². The van der Waals surface area contributed by atoms with Crippen molar-refractivity contribution in [2.45, 2.75) is 39.5 Å². The number of rotatable bonds is 8. The Labute approximate surface area is 135 Å². The first-order chi connectivity index (χ1) is 10.8. The lowest BCUT2D eigenvalue weighted by Crippen LogP contribution is -2.19. The van der Waals surface area contributed by atoms with Crippen molar-refractivity contribution in [1.29, 1.82) is 0 Å². The Morgan fingerprint density at radius 3 is 2.30 bits per heavy atom. The third kappa shape index (κ3) is 5.77. The first kappa shape index (κ1) is 18.7. The molecule has 0 saturated heterocycles. The summed E-state index contributed by atoms with van der Waals surface area (Å²) in [4.78, 5) is 23.0. The predicted molar refractivity (Wildman–Crippen MR) is 86.3 cm³/mol. The van der Waals surface area contributed by atoms with Gasteiger partial charge in [-0.05, 0) is 19.4 Å². The van der Waals surface area contributed by atoms with Gasteiger partial charge in [0.1, 0.15) is 0 Å². The van der Waals surface area contributed by atoms with Crippen LogP contribution < -0.4 is 5.32 Å². The maximum atomic E-state index is 13.2. The SMILES string of the molecule is CCC/C(C)=C/C=C(\NC=O)C(=O)c1ccc(C(C)(F)F)cc1. The lowest BCUT2D eigenvalue weighted by molar-refractivity contribution is -0.108. The molecule has 0 spiro atoms. The number of nitrogens with one attached hydrogen (secondary N) is 1. The van der Waals surface area contributed by atoms with Crippen LogP contribution in [0.5, 0.6) is 0 Å². The normalized spacial score (nSPS) is 12.9. The third-order valence-corrected chi connectivity index (χ3v) is 3.29. The Balaban J connectivity index is 3.04. The highest BCUT2D eigenvalue weighted by Gasteiger charge is 2.24. The van der Waals surface area contributed by atoms with E-state index >= 15 is 0 Å². The smallest absolute Gasteiger partial charge is 0.270 e. The van der Waals surface area contributed by atoms with Gasteiger partial charge in [0.05, 0.1) is 5.70 Å². The lowest BCUT2D eigenvalue weighted by Gasteiger charge is -2.11. The maximum absolute atomic E-state index is 13.2. The summed E-state index contributed by atoms with van der Waals surface area (Å²) in [6.45, 7) is 4.77. The van der Waals surface area contributed by atoms with Gasteiger partial charge in [0.15, 0.2) is 0 Å². The summed E-state index contributed by atoms with van der Waals surface area (Å²) in [5.41, 5.74) is 1.25. The zero-order valence-electron chi connectivity index (χ0n) is 13.5. The molecule has 0 unspecified atom stereocenters. The Morgan fingerprint density at radius 2 is 1.83 bits per heavy atom. The topological polar surface area (TPSA) is 46.2 Å². The van der Waals surface area contributed by atoms with E-state index in [-0.39, 0.29) is 16.8 Å². The molecule has 0 atom stereocenters. The number of alkyl halides is 2. The molecule has 124 valence electrons. The highest BCUT2D eigenvalue weighted by molar-refractivity contribution is 6.09. The Bertz CT molecular complexity index is 611. The van der Waals surface area contributed by atoms with E-state index in [2.05, 4.69) is 5.32 Å². The molecule has 1 N–H and O–H groups in total. The predicted octanol–water partition coefficient (Wildman–Crippen LogP) is 4.36. The van der Waals surface area contributed by atoms with E-state index in [1.807, 2.05) is 13.8 Å². The summed E-state index contributed by atoms with van der Waals surface area (Å²) in [7, 11) is 0. The van der Waals surface area contributed by atoms with Gasteiger partial charge in [-0.25, -0.2) is 8.78 Å². The molecular formula is C18H21F2NO2. The highest BCUT2D eigenvalue weighted by Crippen LogP contribution is 2.27. The largest absolute Gasteiger partial charge is 0.325 e. The number of Topliss-reactive ketones (excluding diaryl/α,β-unsaturated/α-hetero) is 1. The quantitative estimate of drug-likeness (QED) is 0.335. The molecule has 1 aromatic carbocycles. The van der Waals surface area contributed by atoms with Gasteiger partial charge in [0.2, 0.25) is 12.2 Å². The van der Waals surface area contributed by atoms with Gasteiger partial charge in [-0.15, -0.1) is 0 Å². The van der Waals surface area contributed by atoms with Crippen molar-refractivity contribution in [2.24, 2.45) is 0 Å². The molecule has 0 heterocycles. The molecule has 0 aliphatic heterocycles. The molecular weight excluding hydrogens is 300 g/mol. The summed E-state index contributed by atoms with van der Waals surface area (Å²) in [5.74, 6) is -3.38. The van der Waals surface area contributed by atoms with Crippen molar-refractivity contribution in [3.63, 3.8) is 0 Å². The van der Waals surface area contributed by atoms with Gasteiger partial charge in [-0.3, -0.25) is 9.59 Å². The van der Waals surface area contributed by atoms with Gasteiger partial charge in [0.25, 0.3) is 5.92 Å². The minimum absolute atomic E-state index is 0.103. The molecule has 0 saturated carbocycles. The standard InChI is InChI=1S/C18H21F2NO2/c1-4-5-13(2)6-11-16(21-12-22)17(23)14-7-9-15(10-8-14)18(3,19)20/h6-12H,4-5H2,1-3H3,(H,21,22)/b13-6+,16-11-. The van der Waals surface area contributed by atoms with Crippen molar-refractivity contribution in [3.8, 4) is 0 Å². The van der Waals surface area contributed by atoms with Crippen LogP contribution in [-0.4, -0.2) is 12.2 Å². The Morgan fingerprint density at radius 1 is 1.22 bits per heavy atom. The fourth-order valence-corrected chi connectivity index (χ4v) is 2.03. The van der Waals surface area contributed by atoms with E-state index in [0.29, 0.717) is 6.41 Å². The van der Waals surface area contributed by atoms with Crippen LogP contribution in [0.15, 0.2) is 47.7 Å². The van der Waals surface area contributed by atoms with E-state index < -0.39 is 11.7 Å². The van der Waals surface area contributed by atoms with Gasteiger partial charge in [-0.2, -0.15) is 0 Å². The number of hydrogen-bond donors (Lipinski definition) is 1. The fraction of sp³-hybridized carbons (Fsp3) is 0.333. The van der Waals surface area contributed by atoms with Gasteiger partial charge >= 0.3 is 0 Å². The third-order valence-electron chi connectivity index (χ3n) is 3.29. The molecule has 23 heavy (non-hydrogen) atoms. The molecule has 3 nitrogen and oxygen atoms in total. The Hall–Kier alpha value is -2.30. The molecule has 1 aromatic rings. The first-order valence-corrected chi connectivity index (χ1v) is 7.40. The molecule has 0 aromatic heterocycles. The summed E-state index contributed by atoms with van der Waals surface area (Å²) in [6, 6.07) is 5.09. The number of halogens is 2. The summed E-state index contributed by atoms with van der Waals surface area (Å²) in [5, 5.41) is 2.36. The number of ketones is 1. The van der Waals surface area contributed by atoms with Crippen LogP contribution in [0.3, 0.4) is 0 Å². The summed E-state index contributed by atoms with van der Waals surface area (Å²) in [6.07, 6.45) is 5.58. The van der Waals surface area contributed by atoms with Gasteiger partial charge in [-0.1, -0.05) is 49.3 Å². The fourth-order valence-electron chi connectivity index (χ4n) is 2.03. The maximum Gasteiger partial charge on any atom is 0.270 e. The zero-order chi connectivity index (χ0) is 17.5. The second-order valence-corrected chi connectivity index (χ2v) is 5.40. The van der Waals surface area contributed by atoms with E-state index in [0.717, 1.165) is 25.3 Å². The lowest BCUT2D eigenvalue weighted by atomic mass is 10.0. The Kier molecular flexibility index (Phi) is 6.82. The molecule has 1 rings (SSSR count). The minimum Gasteiger partial charge on any atom is -0.325 e. The number of carbonyl (C=O) groups excluding carboxylic acids is 2. The van der Waals surface area contributed by atoms with Crippen molar-refractivity contribution >= 4 is 12.2 Å². The monoisotopic (exact) mass is 321 g/mol. The molecule has 0 fully saturated rings. The van der Waals surface area contributed by atoms with Crippen LogP contribution in [0.1, 0.15) is 49.5 Å². The van der Waals surface area contributed by atoms with Gasteiger partial charge in [0, 0.05) is 18.1 Å². The van der Waals surface area contributed by atoms with Crippen molar-refractivity contribution < 1.29 is 18.4 Å². The number of hydrogen-bond acceptors (Lipinski definition) is 2. The van der Waals surface area contributed by atoms with Crippen LogP contribution in [0.25, 0.3) is 0 Å². The summed E-state index contributed by atoms with van der Waals surface area (Å²) >= 11 is 0. The highest BCUT2D eigenvalue weighted by atomic mass is 19.3. The molecule has 5 heteroatoms. The average Bonchev–Trinajstić information content (AvgIpc) is 2.50. The molecule has 0 radical (unpaired) electrons. The molecule has 0 aliphatic rings. The van der Waals surface area contributed by atoms with E-state index in [1.54, 1.807) is 6.08 Å². The van der Waals surface area contributed by atoms with Gasteiger partial charge < -0.3 is 5.32 Å².